The van der Waals surface area contributed by atoms with Crippen molar-refractivity contribution >= 4 is 5.96 Å². The van der Waals surface area contributed by atoms with Crippen molar-refractivity contribution in [3.05, 3.63) is 0 Å². The van der Waals surface area contributed by atoms with Crippen molar-refractivity contribution in [2.75, 3.05) is 6.54 Å². The van der Waals surface area contributed by atoms with E-state index in [4.69, 9.17) is 11.5 Å². The summed E-state index contributed by atoms with van der Waals surface area (Å²) in [4.78, 5) is 4.25. The minimum absolute atomic E-state index is 0.246. The molecule has 1 atom stereocenters. The Hall–Kier alpha value is -0.730. The zero-order valence-corrected chi connectivity index (χ0v) is 15.3. The lowest BCUT2D eigenvalue weighted by molar-refractivity contribution is 0.411. The van der Waals surface area contributed by atoms with Gasteiger partial charge in [0.25, 0.3) is 0 Å². The normalized spacial score (nSPS) is 12.3. The highest BCUT2D eigenvalue weighted by Gasteiger charge is 2.08. The molecule has 1 unspecified atom stereocenters. The Bertz CT molecular complexity index is 247. The average Bonchev–Trinajstić information content (AvgIpc) is 2.50. The van der Waals surface area contributed by atoms with E-state index in [1.54, 1.807) is 0 Å². The number of unbranched alkanes of at least 4 members (excludes halogenated alkanes) is 10. The molecule has 0 spiro atoms. The fourth-order valence-corrected chi connectivity index (χ4v) is 2.99. The summed E-state index contributed by atoms with van der Waals surface area (Å²) in [5, 5.41) is 0. The van der Waals surface area contributed by atoms with Crippen molar-refractivity contribution in [1.82, 2.24) is 0 Å². The summed E-state index contributed by atoms with van der Waals surface area (Å²) in [6.45, 7) is 5.36. The van der Waals surface area contributed by atoms with Crippen LogP contribution in [0.5, 0.6) is 0 Å². The molecule has 0 amide bonds. The van der Waals surface area contributed by atoms with Crippen LogP contribution >= 0.6 is 0 Å². The summed E-state index contributed by atoms with van der Waals surface area (Å²) in [5.74, 6) is 0.926. The standard InChI is InChI=1S/C19H41N3/c1-3-5-7-9-10-12-14-16-18(17-22-19(20)21)15-13-11-8-6-4-2/h18H,3-17H2,1-2H3,(H4,20,21,22). The van der Waals surface area contributed by atoms with Crippen molar-refractivity contribution < 1.29 is 0 Å². The van der Waals surface area contributed by atoms with Gasteiger partial charge in [-0.1, -0.05) is 90.9 Å². The Morgan fingerprint density at radius 3 is 1.50 bits per heavy atom. The van der Waals surface area contributed by atoms with Crippen LogP contribution in [0.3, 0.4) is 0 Å². The average molecular weight is 312 g/mol. The molecular formula is C19H41N3. The zero-order valence-electron chi connectivity index (χ0n) is 15.3. The number of hydrogen-bond acceptors (Lipinski definition) is 1. The Kier molecular flexibility index (Phi) is 16.1. The van der Waals surface area contributed by atoms with Gasteiger partial charge in [-0.15, -0.1) is 0 Å². The van der Waals surface area contributed by atoms with Crippen LogP contribution in [0.1, 0.15) is 104 Å². The van der Waals surface area contributed by atoms with E-state index in [1.165, 1.54) is 89.9 Å². The van der Waals surface area contributed by atoms with Crippen molar-refractivity contribution in [2.45, 2.75) is 104 Å². The minimum atomic E-state index is 0.246. The maximum atomic E-state index is 5.49. The van der Waals surface area contributed by atoms with E-state index in [-0.39, 0.29) is 5.96 Å². The molecule has 0 saturated carbocycles. The second kappa shape index (κ2) is 16.6. The minimum Gasteiger partial charge on any atom is -0.370 e. The van der Waals surface area contributed by atoms with Crippen LogP contribution in [0.4, 0.5) is 0 Å². The van der Waals surface area contributed by atoms with Gasteiger partial charge >= 0.3 is 0 Å². The molecule has 22 heavy (non-hydrogen) atoms. The van der Waals surface area contributed by atoms with E-state index in [0.717, 1.165) is 6.54 Å². The van der Waals surface area contributed by atoms with E-state index in [9.17, 15) is 0 Å². The SMILES string of the molecule is CCCCCCCCCC(CCCCCCC)CN=C(N)N. The first kappa shape index (κ1) is 21.3. The van der Waals surface area contributed by atoms with E-state index in [1.807, 2.05) is 0 Å². The molecule has 0 rings (SSSR count). The van der Waals surface area contributed by atoms with Crippen molar-refractivity contribution in [3.8, 4) is 0 Å². The molecule has 0 saturated heterocycles. The molecule has 3 heteroatoms. The van der Waals surface area contributed by atoms with Crippen LogP contribution in [-0.4, -0.2) is 12.5 Å². The van der Waals surface area contributed by atoms with Gasteiger partial charge in [0.15, 0.2) is 5.96 Å². The van der Waals surface area contributed by atoms with Gasteiger partial charge in [-0.3, -0.25) is 4.99 Å². The Labute approximate surface area is 139 Å². The second-order valence-electron chi connectivity index (χ2n) is 6.74. The molecule has 0 aliphatic rings. The van der Waals surface area contributed by atoms with Crippen LogP contribution in [0.25, 0.3) is 0 Å². The predicted octanol–water partition coefficient (Wildman–Crippen LogP) is 5.38. The zero-order chi connectivity index (χ0) is 16.5. The van der Waals surface area contributed by atoms with Crippen LogP contribution in [0, 0.1) is 5.92 Å². The molecule has 0 heterocycles. The monoisotopic (exact) mass is 311 g/mol. The first-order chi connectivity index (χ1) is 10.7. The molecule has 0 bridgehead atoms. The van der Waals surface area contributed by atoms with E-state index >= 15 is 0 Å². The van der Waals surface area contributed by atoms with Gasteiger partial charge in [-0.25, -0.2) is 0 Å². The lowest BCUT2D eigenvalue weighted by Gasteiger charge is -2.15. The molecule has 0 aromatic carbocycles. The van der Waals surface area contributed by atoms with Gasteiger partial charge in [0, 0.05) is 6.54 Å². The fraction of sp³-hybridized carbons (Fsp3) is 0.947. The molecule has 0 aliphatic carbocycles. The third kappa shape index (κ3) is 15.7. The molecule has 4 N–H and O–H groups in total. The Morgan fingerprint density at radius 1 is 0.682 bits per heavy atom. The quantitative estimate of drug-likeness (QED) is 0.228. The molecule has 132 valence electrons. The maximum Gasteiger partial charge on any atom is 0.185 e. The van der Waals surface area contributed by atoms with Crippen LogP contribution < -0.4 is 11.5 Å². The molecule has 3 nitrogen and oxygen atoms in total. The summed E-state index contributed by atoms with van der Waals surface area (Å²) in [6, 6.07) is 0. The molecule has 0 fully saturated rings. The lowest BCUT2D eigenvalue weighted by atomic mass is 9.94. The first-order valence-corrected chi connectivity index (χ1v) is 9.76. The second-order valence-corrected chi connectivity index (χ2v) is 6.74. The summed E-state index contributed by atoms with van der Waals surface area (Å²) >= 11 is 0. The van der Waals surface area contributed by atoms with Gasteiger partial charge in [0.1, 0.15) is 0 Å². The Morgan fingerprint density at radius 2 is 1.09 bits per heavy atom. The number of aliphatic imine (C=N–C) groups is 1. The van der Waals surface area contributed by atoms with Gasteiger partial charge in [-0.05, 0) is 18.8 Å². The van der Waals surface area contributed by atoms with Crippen molar-refractivity contribution in [2.24, 2.45) is 22.4 Å². The first-order valence-electron chi connectivity index (χ1n) is 9.76. The maximum absolute atomic E-state index is 5.49. The smallest absolute Gasteiger partial charge is 0.185 e. The topological polar surface area (TPSA) is 64.4 Å². The van der Waals surface area contributed by atoms with Gasteiger partial charge < -0.3 is 11.5 Å². The predicted molar refractivity (Wildman–Crippen MR) is 100 cm³/mol. The number of hydrogen-bond donors (Lipinski definition) is 2. The van der Waals surface area contributed by atoms with Crippen LogP contribution in [0.15, 0.2) is 4.99 Å². The third-order valence-electron chi connectivity index (χ3n) is 4.46. The molecule has 0 aliphatic heterocycles. The molecular weight excluding hydrogens is 270 g/mol. The largest absolute Gasteiger partial charge is 0.370 e. The van der Waals surface area contributed by atoms with Crippen molar-refractivity contribution in [3.63, 3.8) is 0 Å². The van der Waals surface area contributed by atoms with Gasteiger partial charge in [-0.2, -0.15) is 0 Å². The lowest BCUT2D eigenvalue weighted by Crippen LogP contribution is -2.24. The van der Waals surface area contributed by atoms with Crippen molar-refractivity contribution in [1.29, 1.82) is 0 Å². The molecule has 0 radical (unpaired) electrons. The van der Waals surface area contributed by atoms with E-state index < -0.39 is 0 Å². The highest BCUT2D eigenvalue weighted by atomic mass is 15.0. The van der Waals surface area contributed by atoms with Crippen LogP contribution in [-0.2, 0) is 0 Å². The summed E-state index contributed by atoms with van der Waals surface area (Å²) in [7, 11) is 0. The van der Waals surface area contributed by atoms with Gasteiger partial charge in [0.05, 0.1) is 0 Å². The van der Waals surface area contributed by atoms with E-state index in [2.05, 4.69) is 18.8 Å². The van der Waals surface area contributed by atoms with Gasteiger partial charge in [0.2, 0.25) is 0 Å². The molecule has 0 aromatic heterocycles. The third-order valence-corrected chi connectivity index (χ3v) is 4.46. The number of nitrogens with two attached hydrogens (primary N) is 2. The summed E-state index contributed by atoms with van der Waals surface area (Å²) in [5.41, 5.74) is 11.0. The fourth-order valence-electron chi connectivity index (χ4n) is 2.99. The van der Waals surface area contributed by atoms with Crippen LogP contribution in [0.2, 0.25) is 0 Å². The molecule has 0 aromatic rings. The highest BCUT2D eigenvalue weighted by molar-refractivity contribution is 5.75. The number of nitrogens with zero attached hydrogens (tertiary/aromatic N) is 1. The number of rotatable bonds is 16. The highest BCUT2D eigenvalue weighted by Crippen LogP contribution is 2.19. The summed E-state index contributed by atoms with van der Waals surface area (Å²) in [6.07, 6.45) is 19.0. The number of guanidine groups is 1. The summed E-state index contributed by atoms with van der Waals surface area (Å²) < 4.78 is 0. The Balaban J connectivity index is 3.75. The van der Waals surface area contributed by atoms with E-state index in [0.29, 0.717) is 5.92 Å².